The van der Waals surface area contributed by atoms with E-state index >= 15 is 0 Å². The van der Waals surface area contributed by atoms with Crippen LogP contribution in [0.3, 0.4) is 0 Å². The van der Waals surface area contributed by atoms with E-state index in [2.05, 4.69) is 25.2 Å². The number of nitrogens with one attached hydrogen (secondary N) is 1. The molecule has 0 radical (unpaired) electrons. The molecule has 1 aromatic carbocycles. The zero-order chi connectivity index (χ0) is 8.77. The first kappa shape index (κ1) is 7.93. The molecule has 1 aliphatic rings. The van der Waals surface area contributed by atoms with Crippen LogP contribution >= 0.6 is 11.6 Å². The van der Waals surface area contributed by atoms with E-state index in [-0.39, 0.29) is 5.41 Å². The minimum absolute atomic E-state index is 0.250. The van der Waals surface area contributed by atoms with Crippen molar-refractivity contribution >= 4 is 17.3 Å². The van der Waals surface area contributed by atoms with Gasteiger partial charge >= 0.3 is 0 Å². The monoisotopic (exact) mass is 181 g/mol. The molecule has 12 heavy (non-hydrogen) atoms. The Bertz CT molecular complexity index is 318. The van der Waals surface area contributed by atoms with Gasteiger partial charge < -0.3 is 5.32 Å². The van der Waals surface area contributed by atoms with Gasteiger partial charge in [-0.05, 0) is 17.7 Å². The highest BCUT2D eigenvalue weighted by atomic mass is 35.5. The fourth-order valence-corrected chi connectivity index (χ4v) is 1.84. The van der Waals surface area contributed by atoms with E-state index < -0.39 is 0 Å². The molecule has 0 saturated carbocycles. The number of hydrogen-bond donors (Lipinski definition) is 1. The standard InChI is InChI=1S/C10H12ClN/c1-10(2)6-12-9-5-7(11)3-4-8(9)10/h3-5,12H,6H2,1-2H3. The minimum Gasteiger partial charge on any atom is -0.384 e. The van der Waals surface area contributed by atoms with Crippen molar-refractivity contribution in [2.24, 2.45) is 0 Å². The van der Waals surface area contributed by atoms with Gasteiger partial charge in [-0.25, -0.2) is 0 Å². The van der Waals surface area contributed by atoms with Crippen molar-refractivity contribution in [2.75, 3.05) is 11.9 Å². The number of benzene rings is 1. The molecule has 1 aliphatic heterocycles. The van der Waals surface area contributed by atoms with Crippen LogP contribution in [0.25, 0.3) is 0 Å². The highest BCUT2D eigenvalue weighted by molar-refractivity contribution is 6.30. The molecule has 64 valence electrons. The van der Waals surface area contributed by atoms with Crippen molar-refractivity contribution in [1.82, 2.24) is 0 Å². The molecule has 1 heterocycles. The van der Waals surface area contributed by atoms with Gasteiger partial charge in [0.1, 0.15) is 0 Å². The van der Waals surface area contributed by atoms with Crippen molar-refractivity contribution in [3.05, 3.63) is 28.8 Å². The van der Waals surface area contributed by atoms with Gasteiger partial charge in [0.2, 0.25) is 0 Å². The largest absolute Gasteiger partial charge is 0.384 e. The van der Waals surface area contributed by atoms with Crippen molar-refractivity contribution in [2.45, 2.75) is 19.3 Å². The van der Waals surface area contributed by atoms with Gasteiger partial charge in [-0.2, -0.15) is 0 Å². The summed E-state index contributed by atoms with van der Waals surface area (Å²) in [5.74, 6) is 0. The Labute approximate surface area is 77.7 Å². The van der Waals surface area contributed by atoms with E-state index in [1.807, 2.05) is 12.1 Å². The van der Waals surface area contributed by atoms with Gasteiger partial charge in [-0.1, -0.05) is 31.5 Å². The van der Waals surface area contributed by atoms with Crippen LogP contribution < -0.4 is 5.32 Å². The second kappa shape index (κ2) is 2.40. The molecular weight excluding hydrogens is 170 g/mol. The maximum absolute atomic E-state index is 5.88. The lowest BCUT2D eigenvalue weighted by Crippen LogP contribution is -2.18. The molecule has 0 saturated heterocycles. The third kappa shape index (κ3) is 1.09. The summed E-state index contributed by atoms with van der Waals surface area (Å²) < 4.78 is 0. The Morgan fingerprint density at radius 1 is 1.42 bits per heavy atom. The molecule has 1 nitrogen and oxygen atoms in total. The van der Waals surface area contributed by atoms with Crippen molar-refractivity contribution in [3.8, 4) is 0 Å². The van der Waals surface area contributed by atoms with Crippen molar-refractivity contribution in [1.29, 1.82) is 0 Å². The zero-order valence-electron chi connectivity index (χ0n) is 7.32. The van der Waals surface area contributed by atoms with Gasteiger partial charge in [-0.15, -0.1) is 0 Å². The molecule has 0 amide bonds. The summed E-state index contributed by atoms with van der Waals surface area (Å²) in [5, 5.41) is 4.15. The topological polar surface area (TPSA) is 12.0 Å². The molecule has 0 unspecified atom stereocenters. The Hall–Kier alpha value is -0.690. The summed E-state index contributed by atoms with van der Waals surface area (Å²) in [6.07, 6.45) is 0. The Morgan fingerprint density at radius 2 is 2.17 bits per heavy atom. The average Bonchev–Trinajstić information content (AvgIpc) is 2.27. The number of hydrogen-bond acceptors (Lipinski definition) is 1. The van der Waals surface area contributed by atoms with E-state index in [4.69, 9.17) is 11.6 Å². The Balaban J connectivity index is 2.55. The van der Waals surface area contributed by atoms with Gasteiger partial charge in [0.25, 0.3) is 0 Å². The van der Waals surface area contributed by atoms with E-state index in [0.717, 1.165) is 11.6 Å². The number of halogens is 1. The minimum atomic E-state index is 0.250. The van der Waals surface area contributed by atoms with Crippen LogP contribution in [0, 0.1) is 0 Å². The molecule has 0 fully saturated rings. The second-order valence-corrected chi connectivity index (χ2v) is 4.36. The summed E-state index contributed by atoms with van der Waals surface area (Å²) in [4.78, 5) is 0. The number of fused-ring (bicyclic) bond motifs is 1. The SMILES string of the molecule is CC1(C)CNc2cc(Cl)ccc21. The average molecular weight is 182 g/mol. The lowest BCUT2D eigenvalue weighted by molar-refractivity contribution is 0.586. The molecule has 1 aromatic rings. The van der Waals surface area contributed by atoms with Crippen LogP contribution in [0.2, 0.25) is 5.02 Å². The van der Waals surface area contributed by atoms with Crippen LogP contribution in [0.15, 0.2) is 18.2 Å². The van der Waals surface area contributed by atoms with Crippen LogP contribution in [0.1, 0.15) is 19.4 Å². The highest BCUT2D eigenvalue weighted by Crippen LogP contribution is 2.37. The molecule has 0 aliphatic carbocycles. The predicted octanol–water partition coefficient (Wildman–Crippen LogP) is 3.04. The molecule has 0 atom stereocenters. The summed E-state index contributed by atoms with van der Waals surface area (Å²) >= 11 is 5.88. The van der Waals surface area contributed by atoms with Crippen molar-refractivity contribution in [3.63, 3.8) is 0 Å². The first-order valence-electron chi connectivity index (χ1n) is 4.13. The molecule has 2 heteroatoms. The van der Waals surface area contributed by atoms with Crippen LogP contribution in [-0.4, -0.2) is 6.54 Å². The smallest absolute Gasteiger partial charge is 0.0426 e. The van der Waals surface area contributed by atoms with Crippen molar-refractivity contribution < 1.29 is 0 Å². The maximum Gasteiger partial charge on any atom is 0.0426 e. The normalized spacial score (nSPS) is 18.6. The molecule has 0 spiro atoms. The van der Waals surface area contributed by atoms with Gasteiger partial charge in [0.05, 0.1) is 0 Å². The molecule has 2 rings (SSSR count). The quantitative estimate of drug-likeness (QED) is 0.649. The van der Waals surface area contributed by atoms with Crippen LogP contribution in [-0.2, 0) is 5.41 Å². The fourth-order valence-electron chi connectivity index (χ4n) is 1.66. The van der Waals surface area contributed by atoms with E-state index in [9.17, 15) is 0 Å². The summed E-state index contributed by atoms with van der Waals surface area (Å²) in [6.45, 7) is 5.47. The van der Waals surface area contributed by atoms with Crippen LogP contribution in [0.4, 0.5) is 5.69 Å². The lowest BCUT2D eigenvalue weighted by atomic mass is 9.87. The maximum atomic E-state index is 5.88. The number of rotatable bonds is 0. The van der Waals surface area contributed by atoms with E-state index in [1.54, 1.807) is 0 Å². The van der Waals surface area contributed by atoms with Gasteiger partial charge in [0, 0.05) is 22.7 Å². The van der Waals surface area contributed by atoms with E-state index in [1.165, 1.54) is 11.3 Å². The third-order valence-electron chi connectivity index (χ3n) is 2.43. The summed E-state index contributed by atoms with van der Waals surface area (Å²) in [7, 11) is 0. The van der Waals surface area contributed by atoms with E-state index in [0.29, 0.717) is 0 Å². The first-order valence-corrected chi connectivity index (χ1v) is 4.51. The first-order chi connectivity index (χ1) is 5.59. The van der Waals surface area contributed by atoms with Gasteiger partial charge in [-0.3, -0.25) is 0 Å². The fraction of sp³-hybridized carbons (Fsp3) is 0.400. The highest BCUT2D eigenvalue weighted by Gasteiger charge is 2.29. The predicted molar refractivity (Wildman–Crippen MR) is 53.0 cm³/mol. The lowest BCUT2D eigenvalue weighted by Gasteiger charge is -2.16. The molecular formula is C10H12ClN. The third-order valence-corrected chi connectivity index (χ3v) is 2.67. The Morgan fingerprint density at radius 3 is 2.92 bits per heavy atom. The van der Waals surface area contributed by atoms with Gasteiger partial charge in [0.15, 0.2) is 0 Å². The molecule has 0 aromatic heterocycles. The summed E-state index contributed by atoms with van der Waals surface area (Å²) in [5.41, 5.74) is 2.80. The zero-order valence-corrected chi connectivity index (χ0v) is 8.07. The second-order valence-electron chi connectivity index (χ2n) is 3.93. The van der Waals surface area contributed by atoms with Crippen LogP contribution in [0.5, 0.6) is 0 Å². The molecule has 0 bridgehead atoms. The summed E-state index contributed by atoms with van der Waals surface area (Å²) in [6, 6.07) is 6.05. The number of anilines is 1. The molecule has 1 N–H and O–H groups in total. The Kier molecular flexibility index (Phi) is 1.58.